The molecule has 0 spiro atoms. The van der Waals surface area contributed by atoms with E-state index < -0.39 is 5.82 Å². The maximum absolute atomic E-state index is 14.8. The van der Waals surface area contributed by atoms with E-state index in [1.165, 1.54) is 13.3 Å². The van der Waals surface area contributed by atoms with Crippen LogP contribution < -0.4 is 23.8 Å². The third kappa shape index (κ3) is 12.4. The first kappa shape index (κ1) is 37.0. The minimum atomic E-state index is -0.510. The van der Waals surface area contributed by atoms with Gasteiger partial charge in [0.1, 0.15) is 28.8 Å². The van der Waals surface area contributed by atoms with Crippen LogP contribution in [0.1, 0.15) is 51.6 Å². The zero-order chi connectivity index (χ0) is 31.2. The molecule has 0 amide bonds. The highest BCUT2D eigenvalue weighted by Gasteiger charge is 2.20. The second kappa shape index (κ2) is 21.8. The Morgan fingerprint density at radius 1 is 0.878 bits per heavy atom. The molecule has 1 aromatic heterocycles. The number of halogens is 1. The lowest BCUT2D eigenvalue weighted by Crippen LogP contribution is -2.25. The van der Waals surface area contributed by atoms with Gasteiger partial charge in [-0.2, -0.15) is 0 Å². The molecule has 2 aromatic carbocycles. The van der Waals surface area contributed by atoms with Crippen molar-refractivity contribution < 1.29 is 32.8 Å². The summed E-state index contributed by atoms with van der Waals surface area (Å²) in [6.07, 6.45) is 1.97. The number of carbonyl (C=O) groups is 1. The molecule has 0 N–H and O–H groups in total. The molecule has 0 fully saturated rings. The van der Waals surface area contributed by atoms with E-state index in [4.69, 9.17) is 23.7 Å². The summed E-state index contributed by atoms with van der Waals surface area (Å²) in [6.45, 7) is 12.8. The van der Waals surface area contributed by atoms with Gasteiger partial charge in [-0.05, 0) is 37.5 Å². The molecule has 0 saturated heterocycles. The van der Waals surface area contributed by atoms with Gasteiger partial charge >= 0.3 is 7.48 Å². The predicted molar refractivity (Wildman–Crippen MR) is 162 cm³/mol. The Labute approximate surface area is 245 Å². The van der Waals surface area contributed by atoms with E-state index in [1.54, 1.807) is 41.8 Å². The summed E-state index contributed by atoms with van der Waals surface area (Å²) in [7, 11) is 7.81. The Kier molecular flexibility index (Phi) is 19.6. The van der Waals surface area contributed by atoms with Crippen LogP contribution in [0.25, 0.3) is 0 Å². The van der Waals surface area contributed by atoms with Crippen molar-refractivity contribution in [3.05, 3.63) is 65.4 Å². The standard InChI is InChI=1S/C24H28BFN3O4.C2H4O2.2C2H6/c1-6-25-33-20-10-8-18(23(12-20)32-5)15-29(24-21(26)13-27-16(2)28-24)14-17-7-9-19(30-3)11-22(17)31-4;1-4-2-3;2*1-2/h7-13H,6,14-15H2,1-5H3;2H,1H3;2*1-2H3. The topological polar surface area (TPSA) is 92.2 Å². The van der Waals surface area contributed by atoms with Crippen LogP contribution in [0.5, 0.6) is 23.0 Å². The van der Waals surface area contributed by atoms with Crippen molar-refractivity contribution in [3.63, 3.8) is 0 Å². The molecule has 3 rings (SSSR count). The number of rotatable bonds is 12. The number of ether oxygens (including phenoxy) is 4. The van der Waals surface area contributed by atoms with Gasteiger partial charge in [-0.1, -0.05) is 34.6 Å². The highest BCUT2D eigenvalue weighted by molar-refractivity contribution is 6.28. The molecule has 1 radical (unpaired) electrons. The van der Waals surface area contributed by atoms with Gasteiger partial charge in [0.25, 0.3) is 6.47 Å². The van der Waals surface area contributed by atoms with E-state index in [0.717, 1.165) is 17.4 Å². The third-order valence-electron chi connectivity index (χ3n) is 5.10. The zero-order valence-electron chi connectivity index (χ0n) is 26.0. The van der Waals surface area contributed by atoms with Crippen molar-refractivity contribution in [3.8, 4) is 23.0 Å². The summed E-state index contributed by atoms with van der Waals surface area (Å²) < 4.78 is 40.7. The Morgan fingerprint density at radius 2 is 1.39 bits per heavy atom. The van der Waals surface area contributed by atoms with Crippen LogP contribution in [-0.4, -0.2) is 52.4 Å². The highest BCUT2D eigenvalue weighted by atomic mass is 19.1. The van der Waals surface area contributed by atoms with E-state index in [0.29, 0.717) is 48.4 Å². The average molecular weight is 573 g/mol. The van der Waals surface area contributed by atoms with Crippen LogP contribution in [0, 0.1) is 12.7 Å². The molecule has 0 saturated carbocycles. The van der Waals surface area contributed by atoms with Crippen molar-refractivity contribution >= 4 is 19.8 Å². The predicted octanol–water partition coefficient (Wildman–Crippen LogP) is 6.43. The number of anilines is 1. The molecule has 3 aromatic rings. The minimum absolute atomic E-state index is 0.196. The van der Waals surface area contributed by atoms with Gasteiger partial charge in [-0.15, -0.1) is 0 Å². The van der Waals surface area contributed by atoms with E-state index in [1.807, 2.05) is 69.9 Å². The molecule has 0 aliphatic heterocycles. The van der Waals surface area contributed by atoms with Gasteiger partial charge < -0.3 is 28.5 Å². The number of methoxy groups -OCH3 is 4. The van der Waals surface area contributed by atoms with Crippen molar-refractivity contribution in [2.75, 3.05) is 33.3 Å². The van der Waals surface area contributed by atoms with E-state index in [-0.39, 0.29) is 5.82 Å². The Bertz CT molecular complexity index is 1150. The van der Waals surface area contributed by atoms with Crippen LogP contribution >= 0.6 is 0 Å². The molecule has 0 unspecified atom stereocenters. The number of benzene rings is 2. The fourth-order valence-electron chi connectivity index (χ4n) is 3.37. The molecule has 11 heteroatoms. The molecule has 0 atom stereocenters. The fourth-order valence-corrected chi connectivity index (χ4v) is 3.37. The second-order valence-electron chi connectivity index (χ2n) is 7.62. The summed E-state index contributed by atoms with van der Waals surface area (Å²) in [6, 6.07) is 11.1. The van der Waals surface area contributed by atoms with Crippen molar-refractivity contribution in [1.82, 2.24) is 9.97 Å². The summed E-state index contributed by atoms with van der Waals surface area (Å²) in [5.41, 5.74) is 1.70. The van der Waals surface area contributed by atoms with E-state index in [2.05, 4.69) is 14.7 Å². The van der Waals surface area contributed by atoms with Crippen LogP contribution in [0.3, 0.4) is 0 Å². The van der Waals surface area contributed by atoms with Crippen molar-refractivity contribution in [1.29, 1.82) is 0 Å². The van der Waals surface area contributed by atoms with Crippen LogP contribution in [0.4, 0.5) is 10.2 Å². The first-order valence-corrected chi connectivity index (χ1v) is 13.5. The normalized spacial score (nSPS) is 9.24. The SMILES string of the molecule is CC.CC.CC[B]Oc1ccc(CN(Cc2ccc(OC)cc2OC)c2nc(C)ncc2F)c(OC)c1.COC=O. The smallest absolute Gasteiger partial charge is 0.369 e. The maximum Gasteiger partial charge on any atom is 0.369 e. The number of nitrogens with zero attached hydrogens (tertiary/aromatic N) is 3. The number of hydrogen-bond acceptors (Lipinski definition) is 9. The van der Waals surface area contributed by atoms with Crippen LogP contribution in [-0.2, 0) is 22.6 Å². The third-order valence-corrected chi connectivity index (χ3v) is 5.10. The Hall–Kier alpha value is -4.02. The molecule has 0 aliphatic rings. The summed E-state index contributed by atoms with van der Waals surface area (Å²) >= 11 is 0. The van der Waals surface area contributed by atoms with E-state index in [9.17, 15) is 4.39 Å². The number of aryl methyl sites for hydroxylation is 1. The van der Waals surface area contributed by atoms with Gasteiger partial charge in [0.15, 0.2) is 11.6 Å². The molecule has 0 bridgehead atoms. The Morgan fingerprint density at radius 3 is 1.85 bits per heavy atom. The molecular weight excluding hydrogens is 528 g/mol. The molecule has 9 nitrogen and oxygen atoms in total. The van der Waals surface area contributed by atoms with Crippen molar-refractivity contribution in [2.24, 2.45) is 0 Å². The highest BCUT2D eigenvalue weighted by Crippen LogP contribution is 2.31. The monoisotopic (exact) mass is 572 g/mol. The van der Waals surface area contributed by atoms with Crippen molar-refractivity contribution in [2.45, 2.75) is 61.0 Å². The lowest BCUT2D eigenvalue weighted by Gasteiger charge is -2.26. The average Bonchev–Trinajstić information content (AvgIpc) is 3.03. The van der Waals surface area contributed by atoms with Gasteiger partial charge in [-0.25, -0.2) is 14.4 Å². The largest absolute Gasteiger partial charge is 0.563 e. The maximum atomic E-state index is 14.8. The van der Waals surface area contributed by atoms with Gasteiger partial charge in [-0.3, -0.25) is 4.79 Å². The van der Waals surface area contributed by atoms with Crippen LogP contribution in [0.2, 0.25) is 6.32 Å². The number of hydrogen-bond donors (Lipinski definition) is 0. The lowest BCUT2D eigenvalue weighted by atomic mass is 9.97. The number of aromatic nitrogens is 2. The first-order valence-electron chi connectivity index (χ1n) is 13.5. The summed E-state index contributed by atoms with van der Waals surface area (Å²) in [4.78, 5) is 19.1. The lowest BCUT2D eigenvalue weighted by molar-refractivity contribution is -0.126. The molecule has 0 aliphatic carbocycles. The van der Waals surface area contributed by atoms with E-state index >= 15 is 0 Å². The molecule has 225 valence electrons. The summed E-state index contributed by atoms with van der Waals surface area (Å²) in [5, 5.41) is 0. The quantitative estimate of drug-likeness (QED) is 0.180. The van der Waals surface area contributed by atoms with Gasteiger partial charge in [0.05, 0.1) is 34.6 Å². The first-order chi connectivity index (χ1) is 19.9. The zero-order valence-corrected chi connectivity index (χ0v) is 26.0. The van der Waals surface area contributed by atoms with Gasteiger partial charge in [0.2, 0.25) is 0 Å². The summed E-state index contributed by atoms with van der Waals surface area (Å²) in [5.74, 6) is 2.78. The molecule has 41 heavy (non-hydrogen) atoms. The second-order valence-corrected chi connectivity index (χ2v) is 7.62. The van der Waals surface area contributed by atoms with Crippen LogP contribution in [0.15, 0.2) is 42.6 Å². The van der Waals surface area contributed by atoms with Gasteiger partial charge in [0, 0.05) is 36.3 Å². The fraction of sp³-hybridized carbons (Fsp3) is 0.433. The molecular formula is C30H44BFN3O6. The Balaban J connectivity index is 0.00000180. The minimum Gasteiger partial charge on any atom is -0.563 e. The number of carbonyl (C=O) groups excluding carboxylic acids is 1. The molecule has 1 heterocycles.